The molecule has 3 aromatic heterocycles. The van der Waals surface area contributed by atoms with E-state index in [1.807, 2.05) is 72.8 Å². The third kappa shape index (κ3) is 6.74. The van der Waals surface area contributed by atoms with Crippen molar-refractivity contribution in [3.05, 3.63) is 143 Å². The minimum Gasteiger partial charge on any atom is -0.507 e. The molecule has 6 bridgehead atoms. The van der Waals surface area contributed by atoms with Gasteiger partial charge in [-0.15, -0.1) is 0 Å². The summed E-state index contributed by atoms with van der Waals surface area (Å²) in [4.78, 5) is 12.8. The van der Waals surface area contributed by atoms with E-state index in [4.69, 9.17) is 14.2 Å². The fourth-order valence-electron chi connectivity index (χ4n) is 5.85. The Balaban J connectivity index is 1.32. The Morgan fingerprint density at radius 2 is 0.625 bits per heavy atom. The number of fused-ring (bicyclic) bond motifs is 6. The van der Waals surface area contributed by atoms with E-state index in [2.05, 4.69) is 15.0 Å². The van der Waals surface area contributed by atoms with Gasteiger partial charge in [0.2, 0.25) is 0 Å². The lowest BCUT2D eigenvalue weighted by Crippen LogP contribution is -2.04. The summed E-state index contributed by atoms with van der Waals surface area (Å²) in [5, 5.41) is 34.1. The molecule has 0 spiro atoms. The highest BCUT2D eigenvalue weighted by atomic mass is 16.5. The summed E-state index contributed by atoms with van der Waals surface area (Å²) in [6.45, 7) is 0.456. The fraction of sp³-hybridized carbons (Fsp3) is 0.154. The quantitative estimate of drug-likeness (QED) is 0.181. The highest BCUT2D eigenvalue weighted by Gasteiger charge is 2.18. The number of ether oxygens (including phenoxy) is 3. The molecular weight excluding hydrogens is 606 g/mol. The molecule has 7 rings (SSSR count). The van der Waals surface area contributed by atoms with Crippen LogP contribution in [0.4, 0.5) is 0 Å². The maximum atomic E-state index is 11.4. The van der Waals surface area contributed by atoms with E-state index >= 15 is 0 Å². The highest BCUT2D eigenvalue weighted by Crippen LogP contribution is 2.36. The van der Waals surface area contributed by atoms with Crippen LogP contribution in [0.2, 0.25) is 0 Å². The van der Waals surface area contributed by atoms with Crippen molar-refractivity contribution in [1.29, 1.82) is 0 Å². The predicted octanol–water partition coefficient (Wildman–Crippen LogP) is 7.45. The summed E-state index contributed by atoms with van der Waals surface area (Å²) in [5.74, 6) is 0.167. The molecule has 6 aromatic rings. The van der Waals surface area contributed by atoms with Crippen molar-refractivity contribution in [2.75, 3.05) is 0 Å². The van der Waals surface area contributed by atoms with E-state index in [9.17, 15) is 15.3 Å². The van der Waals surface area contributed by atoms with Crippen molar-refractivity contribution in [1.82, 2.24) is 15.0 Å². The van der Waals surface area contributed by atoms with E-state index in [1.54, 1.807) is 37.2 Å². The number of hydrogen-bond donors (Lipinski definition) is 3. The smallest absolute Gasteiger partial charge is 0.126 e. The molecule has 0 radical (unpaired) electrons. The van der Waals surface area contributed by atoms with E-state index < -0.39 is 0 Å². The minimum atomic E-state index is 0.0557. The molecule has 0 fully saturated rings. The Kier molecular flexibility index (Phi) is 9.06. The van der Waals surface area contributed by atoms with Gasteiger partial charge >= 0.3 is 0 Å². The number of phenols is 3. The molecule has 3 aromatic carbocycles. The number of phenolic OH excluding ortho intramolecular Hbond substituents is 3. The fourth-order valence-corrected chi connectivity index (χ4v) is 5.85. The highest BCUT2D eigenvalue weighted by molar-refractivity contribution is 5.68. The van der Waals surface area contributed by atoms with E-state index in [1.165, 1.54) is 0 Å². The standard InChI is InChI=1S/C39H33N3O6/c43-37-31-10-28(25-4-1-7-40-16-25)11-32(37)20-47-22-34-13-30(27-6-3-9-42-18-27)15-36(39(34)45)24-48-23-35-14-29(26-5-2-8-41-17-26)12-33(38(35)44)21-46-19-31/h1-18,43-45H,19-24H2. The Morgan fingerprint density at radius 3 is 0.833 bits per heavy atom. The summed E-state index contributed by atoms with van der Waals surface area (Å²) in [7, 11) is 0. The summed E-state index contributed by atoms with van der Waals surface area (Å²) in [6, 6.07) is 22.6. The van der Waals surface area contributed by atoms with E-state index in [-0.39, 0.29) is 56.9 Å². The second kappa shape index (κ2) is 14.0. The molecule has 0 atom stereocenters. The maximum Gasteiger partial charge on any atom is 0.126 e. The summed E-state index contributed by atoms with van der Waals surface area (Å²) >= 11 is 0. The molecule has 0 amide bonds. The summed E-state index contributed by atoms with van der Waals surface area (Å²) in [6.07, 6.45) is 10.4. The van der Waals surface area contributed by atoms with Crippen LogP contribution >= 0.6 is 0 Å². The lowest BCUT2D eigenvalue weighted by molar-refractivity contribution is 0.0932. The Hall–Kier alpha value is -5.61. The molecule has 1 aliphatic rings. The molecule has 3 N–H and O–H groups in total. The van der Waals surface area contributed by atoms with Crippen molar-refractivity contribution < 1.29 is 29.5 Å². The molecule has 9 heteroatoms. The zero-order chi connectivity index (χ0) is 32.9. The van der Waals surface area contributed by atoms with Gasteiger partial charge in [-0.25, -0.2) is 0 Å². The van der Waals surface area contributed by atoms with Gasteiger partial charge < -0.3 is 29.5 Å². The van der Waals surface area contributed by atoms with Gasteiger partial charge in [0.15, 0.2) is 0 Å². The summed E-state index contributed by atoms with van der Waals surface area (Å²) < 4.78 is 18.4. The van der Waals surface area contributed by atoms with Gasteiger partial charge in [0, 0.05) is 87.3 Å². The third-order valence-electron chi connectivity index (χ3n) is 8.33. The SMILES string of the molecule is Oc1c2cc(-c3cccnc3)cc1COCc1cc(-c3cccnc3)cc(c1O)COCc1cc(-c3cccnc3)cc(c1O)COC2. The van der Waals surface area contributed by atoms with Crippen LogP contribution in [0.3, 0.4) is 0 Å². The Labute approximate surface area is 277 Å². The normalized spacial score (nSPS) is 13.8. The average Bonchev–Trinajstić information content (AvgIpc) is 3.13. The van der Waals surface area contributed by atoms with Crippen LogP contribution in [-0.2, 0) is 53.9 Å². The molecule has 0 unspecified atom stereocenters. The molecule has 0 saturated carbocycles. The van der Waals surface area contributed by atoms with Gasteiger partial charge in [0.05, 0.1) is 39.6 Å². The average molecular weight is 640 g/mol. The predicted molar refractivity (Wildman–Crippen MR) is 179 cm³/mol. The van der Waals surface area contributed by atoms with Gasteiger partial charge in [-0.05, 0) is 71.3 Å². The lowest BCUT2D eigenvalue weighted by Gasteiger charge is -2.18. The van der Waals surface area contributed by atoms with Gasteiger partial charge in [-0.2, -0.15) is 0 Å². The van der Waals surface area contributed by atoms with Crippen LogP contribution in [-0.4, -0.2) is 30.3 Å². The van der Waals surface area contributed by atoms with Crippen LogP contribution in [0, 0.1) is 0 Å². The number of benzene rings is 3. The number of rotatable bonds is 3. The first-order chi connectivity index (χ1) is 23.5. The number of aromatic nitrogens is 3. The van der Waals surface area contributed by atoms with Crippen molar-refractivity contribution in [3.8, 4) is 50.6 Å². The number of aromatic hydroxyl groups is 3. The van der Waals surface area contributed by atoms with Gasteiger partial charge in [-0.3, -0.25) is 15.0 Å². The molecule has 240 valence electrons. The van der Waals surface area contributed by atoms with Crippen molar-refractivity contribution in [3.63, 3.8) is 0 Å². The maximum absolute atomic E-state index is 11.4. The van der Waals surface area contributed by atoms with Crippen LogP contribution in [0.25, 0.3) is 33.4 Å². The molecular formula is C39H33N3O6. The Morgan fingerprint density at radius 1 is 0.375 bits per heavy atom. The molecule has 48 heavy (non-hydrogen) atoms. The molecule has 0 aliphatic carbocycles. The zero-order valence-corrected chi connectivity index (χ0v) is 26.0. The molecule has 4 heterocycles. The zero-order valence-electron chi connectivity index (χ0n) is 26.0. The van der Waals surface area contributed by atoms with Crippen LogP contribution in [0.15, 0.2) is 110 Å². The first kappa shape index (κ1) is 31.0. The topological polar surface area (TPSA) is 127 Å². The van der Waals surface area contributed by atoms with Crippen molar-refractivity contribution in [2.24, 2.45) is 0 Å². The van der Waals surface area contributed by atoms with Gasteiger partial charge in [-0.1, -0.05) is 18.2 Å². The second-order valence-electron chi connectivity index (χ2n) is 11.6. The van der Waals surface area contributed by atoms with Crippen molar-refractivity contribution >= 4 is 0 Å². The first-order valence-corrected chi connectivity index (χ1v) is 15.5. The lowest BCUT2D eigenvalue weighted by atomic mass is 9.99. The molecule has 0 saturated heterocycles. The largest absolute Gasteiger partial charge is 0.507 e. The number of pyridine rings is 3. The molecule has 9 nitrogen and oxygen atoms in total. The van der Waals surface area contributed by atoms with Gasteiger partial charge in [0.25, 0.3) is 0 Å². The van der Waals surface area contributed by atoms with Crippen LogP contribution in [0.1, 0.15) is 33.4 Å². The molecule has 1 aliphatic heterocycles. The third-order valence-corrected chi connectivity index (χ3v) is 8.33. The number of hydrogen-bond acceptors (Lipinski definition) is 9. The monoisotopic (exact) mass is 639 g/mol. The Bertz CT molecular complexity index is 1730. The second-order valence-corrected chi connectivity index (χ2v) is 11.6. The van der Waals surface area contributed by atoms with E-state index in [0.717, 1.165) is 33.4 Å². The van der Waals surface area contributed by atoms with Crippen LogP contribution in [0.5, 0.6) is 17.2 Å². The van der Waals surface area contributed by atoms with E-state index in [0.29, 0.717) is 33.4 Å². The minimum absolute atomic E-state index is 0.0557. The van der Waals surface area contributed by atoms with Crippen LogP contribution < -0.4 is 0 Å². The van der Waals surface area contributed by atoms with Crippen molar-refractivity contribution in [2.45, 2.75) is 39.6 Å². The summed E-state index contributed by atoms with van der Waals surface area (Å²) in [5.41, 5.74) is 8.53. The number of nitrogens with zero attached hydrogens (tertiary/aromatic N) is 3. The van der Waals surface area contributed by atoms with Gasteiger partial charge in [0.1, 0.15) is 17.2 Å². The first-order valence-electron chi connectivity index (χ1n) is 15.5.